The number of amides is 3. The molecule has 7 nitrogen and oxygen atoms in total. The third-order valence-electron chi connectivity index (χ3n) is 7.23. The Hall–Kier alpha value is -2.25. The van der Waals surface area contributed by atoms with Crippen LogP contribution in [0.15, 0.2) is 18.2 Å². The Morgan fingerprint density at radius 1 is 1.07 bits per heavy atom. The Bertz CT molecular complexity index is 838. The third kappa shape index (κ3) is 3.46. The van der Waals surface area contributed by atoms with Crippen LogP contribution in [-0.4, -0.2) is 48.3 Å². The van der Waals surface area contributed by atoms with Crippen molar-refractivity contribution >= 4 is 17.7 Å². The first-order chi connectivity index (χ1) is 14.1. The van der Waals surface area contributed by atoms with Crippen LogP contribution in [-0.2, 0) is 22.7 Å². The molecule has 3 N–H and O–H groups in total. The predicted molar refractivity (Wildman–Crippen MR) is 107 cm³/mol. The first-order valence-corrected chi connectivity index (χ1v) is 10.8. The predicted octanol–water partition coefficient (Wildman–Crippen LogP) is 0.783. The van der Waals surface area contributed by atoms with Gasteiger partial charge in [-0.1, -0.05) is 12.1 Å². The van der Waals surface area contributed by atoms with Crippen molar-refractivity contribution < 1.29 is 14.4 Å². The number of carbonyl (C=O) groups is 3. The summed E-state index contributed by atoms with van der Waals surface area (Å²) in [5.74, 6) is 1.66. The van der Waals surface area contributed by atoms with E-state index in [1.54, 1.807) is 4.90 Å². The molecule has 0 spiro atoms. The molecular formula is C22H28N4O3. The van der Waals surface area contributed by atoms with Gasteiger partial charge in [-0.05, 0) is 73.8 Å². The standard InChI is InChI=1S/C22H28N4O3/c27-20-6-5-19(21(28)25-20)26-12-16-7-13(1-4-17(16)22(26)29)8-23-11-18-14-2-3-15(18)10-24-9-14/h1,4,7,14-15,18-19,23-24H,2-3,5-6,8-12H2,(H,25,27,28). The average molecular weight is 396 g/mol. The maximum absolute atomic E-state index is 12.8. The molecule has 3 heterocycles. The number of fused-ring (bicyclic) bond motifs is 3. The molecule has 0 radical (unpaired) electrons. The molecule has 1 aliphatic carbocycles. The fraction of sp³-hybridized carbons (Fsp3) is 0.591. The molecule has 3 amide bonds. The lowest BCUT2D eigenvalue weighted by atomic mass is 9.86. The van der Waals surface area contributed by atoms with E-state index in [2.05, 4.69) is 22.0 Å². The van der Waals surface area contributed by atoms with E-state index in [-0.39, 0.29) is 24.1 Å². The molecule has 1 saturated carbocycles. The van der Waals surface area contributed by atoms with Gasteiger partial charge in [-0.25, -0.2) is 0 Å². The maximum Gasteiger partial charge on any atom is 0.255 e. The Morgan fingerprint density at radius 3 is 2.62 bits per heavy atom. The second-order valence-corrected chi connectivity index (χ2v) is 8.94. The topological polar surface area (TPSA) is 90.5 Å². The van der Waals surface area contributed by atoms with Crippen LogP contribution < -0.4 is 16.0 Å². The van der Waals surface area contributed by atoms with Gasteiger partial charge in [0.25, 0.3) is 5.91 Å². The van der Waals surface area contributed by atoms with Crippen molar-refractivity contribution in [2.75, 3.05) is 19.6 Å². The zero-order valence-electron chi connectivity index (χ0n) is 16.6. The number of imide groups is 1. The van der Waals surface area contributed by atoms with Gasteiger partial charge in [-0.2, -0.15) is 0 Å². The molecule has 1 aromatic carbocycles. The number of benzene rings is 1. The van der Waals surface area contributed by atoms with Crippen LogP contribution in [0.2, 0.25) is 0 Å². The minimum Gasteiger partial charge on any atom is -0.322 e. The van der Waals surface area contributed by atoms with Gasteiger partial charge in [0, 0.05) is 25.1 Å². The van der Waals surface area contributed by atoms with Crippen molar-refractivity contribution in [3.63, 3.8) is 0 Å². The fourth-order valence-corrected chi connectivity index (χ4v) is 5.66. The minimum atomic E-state index is -0.551. The molecule has 154 valence electrons. The zero-order valence-corrected chi connectivity index (χ0v) is 16.6. The van der Waals surface area contributed by atoms with Gasteiger partial charge < -0.3 is 15.5 Å². The lowest BCUT2D eigenvalue weighted by Gasteiger charge is -2.31. The van der Waals surface area contributed by atoms with E-state index < -0.39 is 6.04 Å². The number of rotatable bonds is 5. The van der Waals surface area contributed by atoms with Crippen LogP contribution in [0.5, 0.6) is 0 Å². The van der Waals surface area contributed by atoms with E-state index in [4.69, 9.17) is 0 Å². The summed E-state index contributed by atoms with van der Waals surface area (Å²) in [5.41, 5.74) is 2.82. The van der Waals surface area contributed by atoms with Crippen LogP contribution in [0, 0.1) is 17.8 Å². The van der Waals surface area contributed by atoms with Crippen molar-refractivity contribution in [1.29, 1.82) is 0 Å². The highest BCUT2D eigenvalue weighted by atomic mass is 16.2. The SMILES string of the molecule is O=C1CCC(N2Cc3cc(CNCC4C5CCC4CNC5)ccc3C2=O)C(=O)N1. The molecule has 3 atom stereocenters. The summed E-state index contributed by atoms with van der Waals surface area (Å²) in [6, 6.07) is 5.43. The highest BCUT2D eigenvalue weighted by Gasteiger charge is 2.40. The van der Waals surface area contributed by atoms with Crippen molar-refractivity contribution in [3.8, 4) is 0 Å². The smallest absolute Gasteiger partial charge is 0.255 e. The van der Waals surface area contributed by atoms with Crippen molar-refractivity contribution in [2.24, 2.45) is 17.8 Å². The quantitative estimate of drug-likeness (QED) is 0.640. The first-order valence-electron chi connectivity index (χ1n) is 10.8. The highest BCUT2D eigenvalue weighted by Crippen LogP contribution is 2.38. The molecule has 29 heavy (non-hydrogen) atoms. The molecule has 5 rings (SSSR count). The molecule has 2 saturated heterocycles. The van der Waals surface area contributed by atoms with Gasteiger partial charge in [0.1, 0.15) is 6.04 Å². The van der Waals surface area contributed by atoms with Crippen molar-refractivity contribution in [2.45, 2.75) is 44.8 Å². The number of hydrogen-bond donors (Lipinski definition) is 3. The zero-order chi connectivity index (χ0) is 20.0. The van der Waals surface area contributed by atoms with Crippen LogP contribution >= 0.6 is 0 Å². The van der Waals surface area contributed by atoms with E-state index in [0.717, 1.165) is 49.5 Å². The average Bonchev–Trinajstić information content (AvgIpc) is 3.13. The van der Waals surface area contributed by atoms with Crippen molar-refractivity contribution in [1.82, 2.24) is 20.9 Å². The lowest BCUT2D eigenvalue weighted by molar-refractivity contribution is -0.136. The molecule has 7 heteroatoms. The van der Waals surface area contributed by atoms with Gasteiger partial charge in [0.2, 0.25) is 11.8 Å². The minimum absolute atomic E-state index is 0.111. The second kappa shape index (κ2) is 7.54. The van der Waals surface area contributed by atoms with Crippen LogP contribution in [0.25, 0.3) is 0 Å². The summed E-state index contributed by atoms with van der Waals surface area (Å²) >= 11 is 0. The van der Waals surface area contributed by atoms with E-state index in [0.29, 0.717) is 18.5 Å². The van der Waals surface area contributed by atoms with Gasteiger partial charge in [0.05, 0.1) is 0 Å². The normalized spacial score (nSPS) is 31.2. The number of nitrogens with zero attached hydrogens (tertiary/aromatic N) is 1. The molecule has 3 aliphatic heterocycles. The molecular weight excluding hydrogens is 368 g/mol. The summed E-state index contributed by atoms with van der Waals surface area (Å²) < 4.78 is 0. The van der Waals surface area contributed by atoms with Crippen LogP contribution in [0.4, 0.5) is 0 Å². The van der Waals surface area contributed by atoms with Crippen LogP contribution in [0.3, 0.4) is 0 Å². The van der Waals surface area contributed by atoms with Gasteiger partial charge in [-0.15, -0.1) is 0 Å². The Kier molecular flexibility index (Phi) is 4.87. The third-order valence-corrected chi connectivity index (χ3v) is 7.23. The summed E-state index contributed by atoms with van der Waals surface area (Å²) in [6.07, 6.45) is 3.38. The Labute approximate surface area is 170 Å². The van der Waals surface area contributed by atoms with Crippen molar-refractivity contribution in [3.05, 3.63) is 34.9 Å². The lowest BCUT2D eigenvalue weighted by Crippen LogP contribution is -2.52. The Morgan fingerprint density at radius 2 is 1.86 bits per heavy atom. The molecule has 3 fully saturated rings. The molecule has 2 bridgehead atoms. The monoisotopic (exact) mass is 396 g/mol. The number of carbonyl (C=O) groups excluding carboxylic acids is 3. The van der Waals surface area contributed by atoms with Gasteiger partial charge in [-0.3, -0.25) is 19.7 Å². The summed E-state index contributed by atoms with van der Waals surface area (Å²) in [5, 5.41) is 9.53. The molecule has 3 unspecified atom stereocenters. The summed E-state index contributed by atoms with van der Waals surface area (Å²) in [4.78, 5) is 37.9. The van der Waals surface area contributed by atoms with E-state index >= 15 is 0 Å². The molecule has 0 aromatic heterocycles. The van der Waals surface area contributed by atoms with Crippen LogP contribution in [0.1, 0.15) is 47.2 Å². The molecule has 1 aromatic rings. The summed E-state index contributed by atoms with van der Waals surface area (Å²) in [6.45, 7) is 4.59. The van der Waals surface area contributed by atoms with E-state index in [1.165, 1.54) is 18.4 Å². The summed E-state index contributed by atoms with van der Waals surface area (Å²) in [7, 11) is 0. The Balaban J connectivity index is 1.21. The van der Waals surface area contributed by atoms with E-state index in [1.807, 2.05) is 12.1 Å². The largest absolute Gasteiger partial charge is 0.322 e. The van der Waals surface area contributed by atoms with Gasteiger partial charge >= 0.3 is 0 Å². The molecule has 4 aliphatic rings. The van der Waals surface area contributed by atoms with E-state index in [9.17, 15) is 14.4 Å². The second-order valence-electron chi connectivity index (χ2n) is 8.94. The first kappa shape index (κ1) is 18.8. The number of hydrogen-bond acceptors (Lipinski definition) is 5. The fourth-order valence-electron chi connectivity index (χ4n) is 5.66. The van der Waals surface area contributed by atoms with Gasteiger partial charge in [0.15, 0.2) is 0 Å². The number of piperidine rings is 2. The number of nitrogens with one attached hydrogen (secondary N) is 3. The maximum atomic E-state index is 12.8. The highest BCUT2D eigenvalue weighted by molar-refractivity contribution is 6.05.